The normalized spacial score (nSPS) is 12.9. The summed E-state index contributed by atoms with van der Waals surface area (Å²) in [5, 5.41) is 4.82. The molecule has 150 valence electrons. The van der Waals surface area contributed by atoms with Crippen LogP contribution in [0.15, 0.2) is 41.0 Å². The molecule has 0 bridgehead atoms. The topological polar surface area (TPSA) is 97.6 Å². The Bertz CT molecular complexity index is 852. The summed E-state index contributed by atoms with van der Waals surface area (Å²) in [4.78, 5) is 36.6. The summed E-state index contributed by atoms with van der Waals surface area (Å²) in [5.74, 6) is -4.62. The van der Waals surface area contributed by atoms with Crippen molar-refractivity contribution in [3.8, 4) is 0 Å². The number of furan rings is 1. The molecule has 0 saturated heterocycles. The molecular formula is C19H20F2N2O5. The molecule has 2 N–H and O–H groups in total. The monoisotopic (exact) mass is 394 g/mol. The highest BCUT2D eigenvalue weighted by molar-refractivity contribution is 5.97. The lowest BCUT2D eigenvalue weighted by molar-refractivity contribution is -0.156. The van der Waals surface area contributed by atoms with Crippen molar-refractivity contribution in [3.63, 3.8) is 0 Å². The Morgan fingerprint density at radius 1 is 1.07 bits per heavy atom. The number of amides is 2. The first-order valence-electron chi connectivity index (χ1n) is 8.49. The van der Waals surface area contributed by atoms with Gasteiger partial charge in [-0.1, -0.05) is 13.8 Å². The summed E-state index contributed by atoms with van der Waals surface area (Å²) in [6.07, 6.45) is 0.0878. The first kappa shape index (κ1) is 21.1. The Labute approximate surface area is 160 Å². The fourth-order valence-electron chi connectivity index (χ4n) is 2.24. The Morgan fingerprint density at radius 3 is 2.36 bits per heavy atom. The largest absolute Gasteiger partial charge is 0.459 e. The average Bonchev–Trinajstić information content (AvgIpc) is 3.16. The summed E-state index contributed by atoms with van der Waals surface area (Å²) in [5.41, 5.74) is 0.0123. The van der Waals surface area contributed by atoms with E-state index in [0.717, 1.165) is 12.1 Å². The number of nitrogens with one attached hydrogen (secondary N) is 2. The van der Waals surface area contributed by atoms with Gasteiger partial charge in [0.25, 0.3) is 11.8 Å². The van der Waals surface area contributed by atoms with Crippen molar-refractivity contribution in [2.24, 2.45) is 5.92 Å². The van der Waals surface area contributed by atoms with E-state index in [-0.39, 0.29) is 17.4 Å². The molecular weight excluding hydrogens is 374 g/mol. The van der Waals surface area contributed by atoms with E-state index in [9.17, 15) is 23.2 Å². The SMILES string of the molecule is CC(C)[C@H](NC(=O)c1ccco1)C(=O)O[C@H](C)C(=O)Nc1ccc(F)c(F)c1. The molecule has 0 radical (unpaired) electrons. The van der Waals surface area contributed by atoms with Gasteiger partial charge in [-0.05, 0) is 37.1 Å². The third-order valence-electron chi connectivity index (χ3n) is 3.80. The zero-order valence-corrected chi connectivity index (χ0v) is 15.5. The van der Waals surface area contributed by atoms with Crippen LogP contribution in [0.2, 0.25) is 0 Å². The van der Waals surface area contributed by atoms with E-state index in [0.29, 0.717) is 0 Å². The van der Waals surface area contributed by atoms with E-state index in [4.69, 9.17) is 9.15 Å². The molecule has 2 aromatic rings. The lowest BCUT2D eigenvalue weighted by Crippen LogP contribution is -2.47. The molecule has 1 heterocycles. The highest BCUT2D eigenvalue weighted by atomic mass is 19.2. The number of carbonyl (C=O) groups is 3. The first-order valence-corrected chi connectivity index (χ1v) is 8.49. The lowest BCUT2D eigenvalue weighted by atomic mass is 10.0. The molecule has 1 aromatic carbocycles. The second-order valence-corrected chi connectivity index (χ2v) is 6.37. The number of ether oxygens (including phenoxy) is 1. The Balaban J connectivity index is 1.98. The highest BCUT2D eigenvalue weighted by Gasteiger charge is 2.30. The van der Waals surface area contributed by atoms with Crippen molar-refractivity contribution < 1.29 is 32.3 Å². The number of rotatable bonds is 7. The van der Waals surface area contributed by atoms with Gasteiger partial charge in [-0.2, -0.15) is 0 Å². The van der Waals surface area contributed by atoms with Gasteiger partial charge in [-0.15, -0.1) is 0 Å². The number of halogens is 2. The van der Waals surface area contributed by atoms with Crippen molar-refractivity contribution in [1.29, 1.82) is 0 Å². The van der Waals surface area contributed by atoms with Gasteiger partial charge in [0.15, 0.2) is 23.5 Å². The molecule has 2 atom stereocenters. The van der Waals surface area contributed by atoms with Crippen LogP contribution < -0.4 is 10.6 Å². The number of hydrogen-bond acceptors (Lipinski definition) is 5. The minimum atomic E-state index is -1.23. The first-order chi connectivity index (χ1) is 13.2. The number of anilines is 1. The van der Waals surface area contributed by atoms with Gasteiger partial charge < -0.3 is 19.8 Å². The molecule has 0 aliphatic heterocycles. The van der Waals surface area contributed by atoms with Crippen LogP contribution in [0.4, 0.5) is 14.5 Å². The fraction of sp³-hybridized carbons (Fsp3) is 0.316. The molecule has 0 saturated carbocycles. The lowest BCUT2D eigenvalue weighted by Gasteiger charge is -2.22. The number of hydrogen-bond donors (Lipinski definition) is 2. The molecule has 9 heteroatoms. The minimum absolute atomic E-state index is 0.0123. The van der Waals surface area contributed by atoms with Gasteiger partial charge in [0, 0.05) is 11.8 Å². The standard InChI is InChI=1S/C19H20F2N2O5/c1-10(2)16(23-18(25)15-5-4-8-27-15)19(26)28-11(3)17(24)22-12-6-7-13(20)14(21)9-12/h4-11,16H,1-3H3,(H,22,24)(H,23,25)/t11-,16+/m1/s1. The smallest absolute Gasteiger partial charge is 0.329 e. The van der Waals surface area contributed by atoms with Gasteiger partial charge in [-0.3, -0.25) is 9.59 Å². The van der Waals surface area contributed by atoms with E-state index >= 15 is 0 Å². The summed E-state index contributed by atoms with van der Waals surface area (Å²) < 4.78 is 36.2. The van der Waals surface area contributed by atoms with E-state index in [1.807, 2.05) is 0 Å². The Morgan fingerprint density at radius 2 is 1.79 bits per heavy atom. The van der Waals surface area contributed by atoms with Crippen LogP contribution >= 0.6 is 0 Å². The molecule has 2 rings (SSSR count). The Hall–Kier alpha value is -3.23. The Kier molecular flexibility index (Phi) is 6.86. The molecule has 0 aliphatic rings. The number of esters is 1. The second kappa shape index (κ2) is 9.12. The molecule has 0 spiro atoms. The summed E-state index contributed by atoms with van der Waals surface area (Å²) in [6.45, 7) is 4.71. The van der Waals surface area contributed by atoms with E-state index in [1.165, 1.54) is 31.4 Å². The van der Waals surface area contributed by atoms with Crippen LogP contribution in [0.5, 0.6) is 0 Å². The van der Waals surface area contributed by atoms with Crippen molar-refractivity contribution in [2.75, 3.05) is 5.32 Å². The maximum Gasteiger partial charge on any atom is 0.329 e. The van der Waals surface area contributed by atoms with Crippen LogP contribution in [0.25, 0.3) is 0 Å². The zero-order valence-electron chi connectivity index (χ0n) is 15.5. The quantitative estimate of drug-likeness (QED) is 0.704. The van der Waals surface area contributed by atoms with Crippen molar-refractivity contribution in [2.45, 2.75) is 32.9 Å². The highest BCUT2D eigenvalue weighted by Crippen LogP contribution is 2.14. The maximum atomic E-state index is 13.2. The fourth-order valence-corrected chi connectivity index (χ4v) is 2.24. The minimum Gasteiger partial charge on any atom is -0.459 e. The predicted octanol–water partition coefficient (Wildman–Crippen LogP) is 2.88. The summed E-state index contributed by atoms with van der Waals surface area (Å²) >= 11 is 0. The van der Waals surface area contributed by atoms with Gasteiger partial charge >= 0.3 is 5.97 Å². The van der Waals surface area contributed by atoms with Crippen LogP contribution in [0, 0.1) is 17.6 Å². The van der Waals surface area contributed by atoms with Crippen LogP contribution in [0.3, 0.4) is 0 Å². The van der Waals surface area contributed by atoms with Gasteiger partial charge in [0.05, 0.1) is 6.26 Å². The van der Waals surface area contributed by atoms with Crippen molar-refractivity contribution in [1.82, 2.24) is 5.32 Å². The zero-order chi connectivity index (χ0) is 20.8. The third-order valence-corrected chi connectivity index (χ3v) is 3.80. The van der Waals surface area contributed by atoms with Gasteiger partial charge in [0.1, 0.15) is 6.04 Å². The third kappa shape index (κ3) is 5.38. The second-order valence-electron chi connectivity index (χ2n) is 6.37. The van der Waals surface area contributed by atoms with Gasteiger partial charge in [0.2, 0.25) is 0 Å². The molecule has 0 aliphatic carbocycles. The number of benzene rings is 1. The maximum absolute atomic E-state index is 13.2. The van der Waals surface area contributed by atoms with E-state index < -0.39 is 41.6 Å². The molecule has 1 aromatic heterocycles. The van der Waals surface area contributed by atoms with Crippen LogP contribution in [-0.2, 0) is 14.3 Å². The molecule has 2 amide bonds. The summed E-state index contributed by atoms with van der Waals surface area (Å²) in [6, 6.07) is 4.79. The van der Waals surface area contributed by atoms with Crippen molar-refractivity contribution in [3.05, 3.63) is 54.0 Å². The van der Waals surface area contributed by atoms with Crippen LogP contribution in [0.1, 0.15) is 31.3 Å². The van der Waals surface area contributed by atoms with E-state index in [1.54, 1.807) is 13.8 Å². The molecule has 7 nitrogen and oxygen atoms in total. The predicted molar refractivity (Wildman–Crippen MR) is 95.3 cm³/mol. The molecule has 0 unspecified atom stereocenters. The van der Waals surface area contributed by atoms with Gasteiger partial charge in [-0.25, -0.2) is 13.6 Å². The summed E-state index contributed by atoms with van der Waals surface area (Å²) in [7, 11) is 0. The molecule has 0 fully saturated rings. The van der Waals surface area contributed by atoms with Crippen LogP contribution in [-0.4, -0.2) is 29.9 Å². The van der Waals surface area contributed by atoms with Crippen molar-refractivity contribution >= 4 is 23.5 Å². The average molecular weight is 394 g/mol. The molecule has 28 heavy (non-hydrogen) atoms. The van der Waals surface area contributed by atoms with E-state index in [2.05, 4.69) is 10.6 Å². The number of carbonyl (C=O) groups excluding carboxylic acids is 3.